The Morgan fingerprint density at radius 3 is 2.27 bits per heavy atom. The van der Waals surface area contributed by atoms with E-state index in [0.29, 0.717) is 32.9 Å². The van der Waals surface area contributed by atoms with Crippen LogP contribution < -0.4 is 0 Å². The maximum absolute atomic E-state index is 12.0. The molecule has 1 fully saturated rings. The first-order valence-electron chi connectivity index (χ1n) is 8.83. The lowest BCUT2D eigenvalue weighted by atomic mass is 10.1. The first-order valence-corrected chi connectivity index (χ1v) is 8.83. The fraction of sp³-hybridized carbons (Fsp3) is 0.882. The Bertz CT molecular complexity index is 415. The van der Waals surface area contributed by atoms with Gasteiger partial charge >= 0.3 is 12.1 Å². The first-order chi connectivity index (χ1) is 12.3. The van der Waals surface area contributed by atoms with Gasteiger partial charge in [0.1, 0.15) is 12.2 Å². The van der Waals surface area contributed by atoms with Crippen LogP contribution in [-0.4, -0.2) is 86.7 Å². The summed E-state index contributed by atoms with van der Waals surface area (Å²) in [6, 6.07) is 0. The van der Waals surface area contributed by atoms with E-state index < -0.39 is 18.4 Å². The van der Waals surface area contributed by atoms with Gasteiger partial charge in [0, 0.05) is 13.1 Å². The van der Waals surface area contributed by atoms with Gasteiger partial charge in [0.15, 0.2) is 6.79 Å². The Morgan fingerprint density at radius 1 is 1.04 bits per heavy atom. The number of carbonyl (C=O) groups excluding carboxylic acids is 2. The fourth-order valence-electron chi connectivity index (χ4n) is 2.29. The standard InChI is InChI=1S/C17H31NO8/c1-17(2,3)26-16(21)18-6-4-14(5-7-18)24-11-10-22-8-9-23-12-15(20)25-13-19/h14,19H,4-13H2,1-3H3. The monoisotopic (exact) mass is 377 g/mol. The second-order valence-electron chi connectivity index (χ2n) is 6.85. The number of rotatable bonds is 10. The van der Waals surface area contributed by atoms with Crippen molar-refractivity contribution in [1.82, 2.24) is 4.90 Å². The number of ether oxygens (including phenoxy) is 5. The van der Waals surface area contributed by atoms with Crippen LogP contribution in [0.3, 0.4) is 0 Å². The van der Waals surface area contributed by atoms with Crippen molar-refractivity contribution in [3.8, 4) is 0 Å². The highest BCUT2D eigenvalue weighted by atomic mass is 16.6. The van der Waals surface area contributed by atoms with E-state index in [1.807, 2.05) is 20.8 Å². The van der Waals surface area contributed by atoms with Gasteiger partial charge in [-0.1, -0.05) is 0 Å². The van der Waals surface area contributed by atoms with Crippen LogP contribution in [0.5, 0.6) is 0 Å². The lowest BCUT2D eigenvalue weighted by molar-refractivity contribution is -0.157. The summed E-state index contributed by atoms with van der Waals surface area (Å²) in [7, 11) is 0. The highest BCUT2D eigenvalue weighted by molar-refractivity contribution is 5.70. The van der Waals surface area contributed by atoms with Gasteiger partial charge in [-0.25, -0.2) is 9.59 Å². The van der Waals surface area contributed by atoms with Gasteiger partial charge < -0.3 is 33.7 Å². The van der Waals surface area contributed by atoms with Crippen LogP contribution in [0.1, 0.15) is 33.6 Å². The zero-order chi connectivity index (χ0) is 19.4. The maximum Gasteiger partial charge on any atom is 0.410 e. The predicted octanol–water partition coefficient (Wildman–Crippen LogP) is 0.929. The third kappa shape index (κ3) is 10.5. The molecular formula is C17H31NO8. The number of amides is 1. The third-order valence-electron chi connectivity index (χ3n) is 3.49. The first kappa shape index (κ1) is 22.6. The number of hydrogen-bond donors (Lipinski definition) is 1. The van der Waals surface area contributed by atoms with E-state index in [9.17, 15) is 9.59 Å². The van der Waals surface area contributed by atoms with Crippen molar-refractivity contribution in [2.24, 2.45) is 0 Å². The molecule has 0 atom stereocenters. The van der Waals surface area contributed by atoms with Crippen LogP contribution >= 0.6 is 0 Å². The second-order valence-corrected chi connectivity index (χ2v) is 6.85. The van der Waals surface area contributed by atoms with Gasteiger partial charge in [0.05, 0.1) is 32.5 Å². The summed E-state index contributed by atoms with van der Waals surface area (Å²) in [5, 5.41) is 8.37. The quantitative estimate of drug-likeness (QED) is 0.341. The van der Waals surface area contributed by atoms with E-state index in [-0.39, 0.29) is 25.4 Å². The highest BCUT2D eigenvalue weighted by Gasteiger charge is 2.27. The van der Waals surface area contributed by atoms with Crippen LogP contribution in [0, 0.1) is 0 Å². The molecule has 1 aliphatic heterocycles. The van der Waals surface area contributed by atoms with Gasteiger partial charge in [-0.05, 0) is 33.6 Å². The van der Waals surface area contributed by atoms with E-state index >= 15 is 0 Å². The molecule has 1 N–H and O–H groups in total. The lowest BCUT2D eigenvalue weighted by Gasteiger charge is -2.33. The highest BCUT2D eigenvalue weighted by Crippen LogP contribution is 2.17. The van der Waals surface area contributed by atoms with Gasteiger partial charge in [-0.3, -0.25) is 0 Å². The molecule has 9 nitrogen and oxygen atoms in total. The number of nitrogens with zero attached hydrogens (tertiary/aromatic N) is 1. The molecule has 0 aliphatic carbocycles. The summed E-state index contributed by atoms with van der Waals surface area (Å²) in [5.74, 6) is -0.617. The molecule has 0 spiro atoms. The fourth-order valence-corrected chi connectivity index (χ4v) is 2.29. The molecule has 1 saturated heterocycles. The van der Waals surface area contributed by atoms with Crippen molar-refractivity contribution in [1.29, 1.82) is 0 Å². The zero-order valence-electron chi connectivity index (χ0n) is 15.9. The number of piperidine rings is 1. The molecule has 1 rings (SSSR count). The Labute approximate surface area is 154 Å². The normalized spacial score (nSPS) is 15.8. The molecular weight excluding hydrogens is 346 g/mol. The van der Waals surface area contributed by atoms with Crippen LogP contribution in [-0.2, 0) is 28.5 Å². The summed E-state index contributed by atoms with van der Waals surface area (Å²) < 4.78 is 25.8. The van der Waals surface area contributed by atoms with Crippen molar-refractivity contribution in [2.75, 3.05) is 52.9 Å². The topological polar surface area (TPSA) is 104 Å². The smallest absolute Gasteiger partial charge is 0.410 e. The maximum atomic E-state index is 12.0. The van der Waals surface area contributed by atoms with Crippen molar-refractivity contribution >= 4 is 12.1 Å². The van der Waals surface area contributed by atoms with E-state index in [1.165, 1.54) is 0 Å². The van der Waals surface area contributed by atoms with Crippen molar-refractivity contribution < 1.29 is 38.4 Å². The average Bonchev–Trinajstić information content (AvgIpc) is 2.56. The molecule has 0 aromatic rings. The SMILES string of the molecule is CC(C)(C)OC(=O)N1CCC(OCCOCCOCC(=O)OCO)CC1. The number of aliphatic hydroxyl groups excluding tert-OH is 1. The van der Waals surface area contributed by atoms with Crippen molar-refractivity contribution in [3.63, 3.8) is 0 Å². The molecule has 0 saturated carbocycles. The summed E-state index contributed by atoms with van der Waals surface area (Å²) in [5.41, 5.74) is -0.482. The van der Waals surface area contributed by atoms with E-state index in [0.717, 1.165) is 12.8 Å². The minimum atomic E-state index is -0.646. The molecule has 1 aliphatic rings. The molecule has 0 unspecified atom stereocenters. The molecule has 26 heavy (non-hydrogen) atoms. The molecule has 0 bridgehead atoms. The Hall–Kier alpha value is -1.42. The lowest BCUT2D eigenvalue weighted by Crippen LogP contribution is -2.43. The summed E-state index contributed by atoms with van der Waals surface area (Å²) >= 11 is 0. The number of likely N-dealkylation sites (tertiary alicyclic amines) is 1. The van der Waals surface area contributed by atoms with Crippen LogP contribution in [0.25, 0.3) is 0 Å². The molecule has 152 valence electrons. The second kappa shape index (κ2) is 12.1. The van der Waals surface area contributed by atoms with Gasteiger partial charge in [-0.15, -0.1) is 0 Å². The Kier molecular flexibility index (Phi) is 10.5. The minimum Gasteiger partial charge on any atom is -0.444 e. The molecule has 0 aromatic carbocycles. The van der Waals surface area contributed by atoms with Gasteiger partial charge in [-0.2, -0.15) is 0 Å². The third-order valence-corrected chi connectivity index (χ3v) is 3.49. The van der Waals surface area contributed by atoms with Crippen LogP contribution in [0.15, 0.2) is 0 Å². The molecule has 0 radical (unpaired) electrons. The van der Waals surface area contributed by atoms with Gasteiger partial charge in [0.25, 0.3) is 0 Å². The van der Waals surface area contributed by atoms with Gasteiger partial charge in [0.2, 0.25) is 0 Å². The Morgan fingerprint density at radius 2 is 1.65 bits per heavy atom. The van der Waals surface area contributed by atoms with Crippen molar-refractivity contribution in [2.45, 2.75) is 45.3 Å². The summed E-state index contributed by atoms with van der Waals surface area (Å²) in [6.45, 7) is 7.44. The van der Waals surface area contributed by atoms with E-state index in [1.54, 1.807) is 4.90 Å². The number of aliphatic hydroxyl groups is 1. The number of hydrogen-bond acceptors (Lipinski definition) is 8. The van der Waals surface area contributed by atoms with E-state index in [2.05, 4.69) is 4.74 Å². The van der Waals surface area contributed by atoms with Crippen LogP contribution in [0.4, 0.5) is 4.79 Å². The van der Waals surface area contributed by atoms with Crippen LogP contribution in [0.2, 0.25) is 0 Å². The molecule has 1 amide bonds. The zero-order valence-corrected chi connectivity index (χ0v) is 15.9. The predicted molar refractivity (Wildman–Crippen MR) is 91.6 cm³/mol. The molecule has 0 aromatic heterocycles. The Balaban J connectivity index is 1.99. The summed E-state index contributed by atoms with van der Waals surface area (Å²) in [6.07, 6.45) is 1.38. The molecule has 9 heteroatoms. The minimum absolute atomic E-state index is 0.113. The largest absolute Gasteiger partial charge is 0.444 e. The van der Waals surface area contributed by atoms with Crippen molar-refractivity contribution in [3.05, 3.63) is 0 Å². The summed E-state index contributed by atoms with van der Waals surface area (Å²) in [4.78, 5) is 24.6. The van der Waals surface area contributed by atoms with E-state index in [4.69, 9.17) is 24.1 Å². The molecule has 1 heterocycles. The number of esters is 1. The number of carbonyl (C=O) groups is 2. The average molecular weight is 377 g/mol.